The molecule has 1 N–H and O–H groups in total. The molecule has 2 aromatic heterocycles. The molecule has 15 heavy (non-hydrogen) atoms. The lowest BCUT2D eigenvalue weighted by molar-refractivity contribution is 0.158. The normalized spacial score (nSPS) is 12.9. The highest BCUT2D eigenvalue weighted by atomic mass is 32.1. The molecule has 0 fully saturated rings. The molecular formula is C9H11N3O2S. The van der Waals surface area contributed by atoms with Gasteiger partial charge in [0.1, 0.15) is 5.69 Å². The summed E-state index contributed by atoms with van der Waals surface area (Å²) >= 11 is 1.48. The highest BCUT2D eigenvalue weighted by molar-refractivity contribution is 7.07. The van der Waals surface area contributed by atoms with Gasteiger partial charge in [-0.1, -0.05) is 12.1 Å². The van der Waals surface area contributed by atoms with Gasteiger partial charge in [0.15, 0.2) is 0 Å². The van der Waals surface area contributed by atoms with Gasteiger partial charge in [-0.2, -0.15) is 4.98 Å². The quantitative estimate of drug-likeness (QED) is 0.853. The molecule has 0 aliphatic rings. The summed E-state index contributed by atoms with van der Waals surface area (Å²) in [5, 5.41) is 15.1. The van der Waals surface area contributed by atoms with E-state index in [4.69, 9.17) is 4.52 Å². The van der Waals surface area contributed by atoms with Gasteiger partial charge >= 0.3 is 0 Å². The van der Waals surface area contributed by atoms with Crippen molar-refractivity contribution in [3.8, 4) is 11.5 Å². The van der Waals surface area contributed by atoms with Crippen LogP contribution in [0.5, 0.6) is 0 Å². The number of aliphatic hydroxyl groups excluding tert-OH is 1. The Hall–Kier alpha value is -1.27. The van der Waals surface area contributed by atoms with E-state index in [1.165, 1.54) is 11.3 Å². The molecule has 6 heteroatoms. The average molecular weight is 225 g/mol. The van der Waals surface area contributed by atoms with Crippen molar-refractivity contribution in [2.75, 3.05) is 0 Å². The molecule has 0 saturated heterocycles. The predicted octanol–water partition coefficient (Wildman–Crippen LogP) is 1.51. The van der Waals surface area contributed by atoms with E-state index in [0.29, 0.717) is 30.3 Å². The minimum atomic E-state index is -0.422. The zero-order valence-electron chi connectivity index (χ0n) is 8.25. The van der Waals surface area contributed by atoms with Crippen LogP contribution in [0.3, 0.4) is 0 Å². The minimum absolute atomic E-state index is 0.396. The summed E-state index contributed by atoms with van der Waals surface area (Å²) in [6, 6.07) is 0. The average Bonchev–Trinajstić information content (AvgIpc) is 2.85. The Morgan fingerprint density at radius 3 is 3.13 bits per heavy atom. The van der Waals surface area contributed by atoms with Gasteiger partial charge in [0.2, 0.25) is 11.7 Å². The molecule has 0 saturated carbocycles. The van der Waals surface area contributed by atoms with E-state index in [2.05, 4.69) is 15.1 Å². The first-order chi connectivity index (χ1) is 7.29. The maximum Gasteiger partial charge on any atom is 0.229 e. The topological polar surface area (TPSA) is 72.0 Å². The number of aromatic nitrogens is 3. The van der Waals surface area contributed by atoms with Gasteiger partial charge in [-0.25, -0.2) is 4.98 Å². The fourth-order valence-electron chi connectivity index (χ4n) is 1.11. The van der Waals surface area contributed by atoms with Gasteiger partial charge in [-0.05, 0) is 6.42 Å². The van der Waals surface area contributed by atoms with Crippen LogP contribution in [0.1, 0.15) is 19.2 Å². The second-order valence-electron chi connectivity index (χ2n) is 3.15. The zero-order valence-corrected chi connectivity index (χ0v) is 9.07. The Morgan fingerprint density at radius 2 is 2.47 bits per heavy atom. The summed E-state index contributed by atoms with van der Waals surface area (Å²) in [5.41, 5.74) is 2.42. The smallest absolute Gasteiger partial charge is 0.229 e. The highest BCUT2D eigenvalue weighted by Crippen LogP contribution is 2.15. The number of rotatable bonds is 4. The molecule has 0 amide bonds. The van der Waals surface area contributed by atoms with Gasteiger partial charge < -0.3 is 9.63 Å². The fourth-order valence-corrected chi connectivity index (χ4v) is 1.64. The summed E-state index contributed by atoms with van der Waals surface area (Å²) in [6.45, 7) is 1.91. The SMILES string of the molecule is CCC(O)Cc1nc(-c2cscn2)no1. The second kappa shape index (κ2) is 4.50. The van der Waals surface area contributed by atoms with E-state index in [1.807, 2.05) is 12.3 Å². The molecule has 2 heterocycles. The number of nitrogens with zero attached hydrogens (tertiary/aromatic N) is 3. The Balaban J connectivity index is 2.11. The summed E-state index contributed by atoms with van der Waals surface area (Å²) in [4.78, 5) is 8.22. The van der Waals surface area contributed by atoms with Crippen LogP contribution in [0.15, 0.2) is 15.4 Å². The van der Waals surface area contributed by atoms with Crippen LogP contribution in [0.2, 0.25) is 0 Å². The number of hydrogen-bond donors (Lipinski definition) is 1. The maximum absolute atomic E-state index is 9.41. The van der Waals surface area contributed by atoms with Crippen molar-refractivity contribution >= 4 is 11.3 Å². The fraction of sp³-hybridized carbons (Fsp3) is 0.444. The van der Waals surface area contributed by atoms with Crippen molar-refractivity contribution in [3.05, 3.63) is 16.8 Å². The van der Waals surface area contributed by atoms with Gasteiger partial charge in [0.05, 0.1) is 18.0 Å². The van der Waals surface area contributed by atoms with E-state index in [-0.39, 0.29) is 0 Å². The van der Waals surface area contributed by atoms with Crippen LogP contribution >= 0.6 is 11.3 Å². The van der Waals surface area contributed by atoms with Crippen molar-refractivity contribution in [2.24, 2.45) is 0 Å². The molecule has 2 aromatic rings. The third kappa shape index (κ3) is 2.40. The van der Waals surface area contributed by atoms with E-state index >= 15 is 0 Å². The molecule has 1 unspecified atom stereocenters. The molecule has 0 radical (unpaired) electrons. The molecular weight excluding hydrogens is 214 g/mol. The van der Waals surface area contributed by atoms with Gasteiger partial charge in [-0.15, -0.1) is 11.3 Å². The number of aliphatic hydroxyl groups is 1. The largest absolute Gasteiger partial charge is 0.393 e. The molecule has 0 aliphatic carbocycles. The van der Waals surface area contributed by atoms with E-state index in [0.717, 1.165) is 0 Å². The molecule has 5 nitrogen and oxygen atoms in total. The van der Waals surface area contributed by atoms with Crippen molar-refractivity contribution in [1.29, 1.82) is 0 Å². The van der Waals surface area contributed by atoms with Crippen LogP contribution in [0.4, 0.5) is 0 Å². The maximum atomic E-state index is 9.41. The first-order valence-electron chi connectivity index (χ1n) is 4.68. The van der Waals surface area contributed by atoms with Crippen LogP contribution < -0.4 is 0 Å². The third-order valence-electron chi connectivity index (χ3n) is 2.01. The van der Waals surface area contributed by atoms with Crippen molar-refractivity contribution < 1.29 is 9.63 Å². The Kier molecular flexibility index (Phi) is 3.08. The molecule has 80 valence electrons. The van der Waals surface area contributed by atoms with E-state index in [1.54, 1.807) is 5.51 Å². The third-order valence-corrected chi connectivity index (χ3v) is 2.60. The molecule has 0 bridgehead atoms. The van der Waals surface area contributed by atoms with Crippen LogP contribution in [0, 0.1) is 0 Å². The summed E-state index contributed by atoms with van der Waals surface area (Å²) in [7, 11) is 0. The number of thiazole rings is 1. The lowest BCUT2D eigenvalue weighted by Gasteiger charge is -2.01. The molecule has 0 spiro atoms. The van der Waals surface area contributed by atoms with Crippen molar-refractivity contribution in [2.45, 2.75) is 25.9 Å². The lowest BCUT2D eigenvalue weighted by Crippen LogP contribution is -2.08. The minimum Gasteiger partial charge on any atom is -0.393 e. The van der Waals surface area contributed by atoms with Gasteiger partial charge in [0.25, 0.3) is 0 Å². The van der Waals surface area contributed by atoms with Gasteiger partial charge in [0, 0.05) is 5.38 Å². The first-order valence-corrected chi connectivity index (χ1v) is 5.63. The van der Waals surface area contributed by atoms with Crippen LogP contribution in [-0.4, -0.2) is 26.3 Å². The van der Waals surface area contributed by atoms with E-state index in [9.17, 15) is 5.11 Å². The molecule has 2 rings (SSSR count). The van der Waals surface area contributed by atoms with Crippen LogP contribution in [-0.2, 0) is 6.42 Å². The Morgan fingerprint density at radius 1 is 1.60 bits per heavy atom. The number of hydrogen-bond acceptors (Lipinski definition) is 6. The van der Waals surface area contributed by atoms with Crippen molar-refractivity contribution in [3.63, 3.8) is 0 Å². The Bertz CT molecular complexity index is 413. The monoisotopic (exact) mass is 225 g/mol. The standard InChI is InChI=1S/C9H11N3O2S/c1-2-6(13)3-8-11-9(12-14-8)7-4-15-5-10-7/h4-6,13H,2-3H2,1H3. The van der Waals surface area contributed by atoms with E-state index < -0.39 is 6.10 Å². The second-order valence-corrected chi connectivity index (χ2v) is 3.87. The summed E-state index contributed by atoms with van der Waals surface area (Å²) in [6.07, 6.45) is 0.649. The first kappa shape index (κ1) is 10.3. The molecule has 0 aliphatic heterocycles. The molecule has 0 aromatic carbocycles. The lowest BCUT2D eigenvalue weighted by atomic mass is 10.2. The summed E-state index contributed by atoms with van der Waals surface area (Å²) < 4.78 is 5.00. The van der Waals surface area contributed by atoms with Crippen molar-refractivity contribution in [1.82, 2.24) is 15.1 Å². The predicted molar refractivity (Wildman–Crippen MR) is 55.4 cm³/mol. The molecule has 1 atom stereocenters. The Labute approximate surface area is 90.8 Å². The zero-order chi connectivity index (χ0) is 10.7. The summed E-state index contributed by atoms with van der Waals surface area (Å²) in [5.74, 6) is 0.932. The van der Waals surface area contributed by atoms with Crippen LogP contribution in [0.25, 0.3) is 11.5 Å². The van der Waals surface area contributed by atoms with Gasteiger partial charge in [-0.3, -0.25) is 0 Å². The highest BCUT2D eigenvalue weighted by Gasteiger charge is 2.12.